The molecule has 0 atom stereocenters. The maximum absolute atomic E-state index is 6.36. The normalized spacial score (nSPS) is 10.6. The number of nitrogens with one attached hydrogen (secondary N) is 1. The van der Waals surface area contributed by atoms with Crippen molar-refractivity contribution in [1.82, 2.24) is 5.32 Å². The molecular weight excluding hydrogens is 268 g/mol. The van der Waals surface area contributed by atoms with Gasteiger partial charge in [0.15, 0.2) is 0 Å². The van der Waals surface area contributed by atoms with Gasteiger partial charge in [0, 0.05) is 35.1 Å². The van der Waals surface area contributed by atoms with E-state index >= 15 is 0 Å². The third kappa shape index (κ3) is 3.14. The summed E-state index contributed by atoms with van der Waals surface area (Å²) >= 11 is 6.36. The molecule has 2 aromatic carbocycles. The van der Waals surface area contributed by atoms with Crippen LogP contribution in [0.1, 0.15) is 18.1 Å². The molecule has 0 amide bonds. The minimum absolute atomic E-state index is 0.761. The predicted octanol–water partition coefficient (Wildman–Crippen LogP) is 4.53. The highest BCUT2D eigenvalue weighted by atomic mass is 35.5. The Morgan fingerprint density at radius 1 is 1.10 bits per heavy atom. The Balaban J connectivity index is 2.46. The molecule has 0 radical (unpaired) electrons. The molecule has 0 aliphatic rings. The first-order valence-electron chi connectivity index (χ1n) is 6.93. The van der Waals surface area contributed by atoms with Gasteiger partial charge in [-0.3, -0.25) is 0 Å². The maximum Gasteiger partial charge on any atom is 0.0471 e. The van der Waals surface area contributed by atoms with E-state index in [9.17, 15) is 0 Å². The molecule has 2 rings (SSSR count). The number of benzene rings is 2. The molecule has 0 fully saturated rings. The van der Waals surface area contributed by atoms with Crippen molar-refractivity contribution >= 4 is 23.0 Å². The van der Waals surface area contributed by atoms with Gasteiger partial charge in [-0.25, -0.2) is 0 Å². The summed E-state index contributed by atoms with van der Waals surface area (Å²) in [6, 6.07) is 14.7. The van der Waals surface area contributed by atoms with E-state index in [2.05, 4.69) is 54.4 Å². The number of rotatable bonds is 5. The Hall–Kier alpha value is -1.51. The second-order valence-corrected chi connectivity index (χ2v) is 5.25. The van der Waals surface area contributed by atoms with Gasteiger partial charge in [-0.2, -0.15) is 0 Å². The maximum atomic E-state index is 6.36. The van der Waals surface area contributed by atoms with Crippen LogP contribution in [0, 0.1) is 6.92 Å². The van der Waals surface area contributed by atoms with Crippen LogP contribution in [0.25, 0.3) is 0 Å². The van der Waals surface area contributed by atoms with Gasteiger partial charge < -0.3 is 10.2 Å². The van der Waals surface area contributed by atoms with Crippen molar-refractivity contribution in [1.29, 1.82) is 0 Å². The van der Waals surface area contributed by atoms with E-state index in [-0.39, 0.29) is 0 Å². The van der Waals surface area contributed by atoms with E-state index in [0.717, 1.165) is 23.7 Å². The van der Waals surface area contributed by atoms with Crippen molar-refractivity contribution < 1.29 is 0 Å². The Morgan fingerprint density at radius 3 is 2.40 bits per heavy atom. The van der Waals surface area contributed by atoms with E-state index in [1.165, 1.54) is 16.9 Å². The van der Waals surface area contributed by atoms with E-state index < -0.39 is 0 Å². The predicted molar refractivity (Wildman–Crippen MR) is 88.1 cm³/mol. The molecule has 0 saturated carbocycles. The molecule has 2 aromatic rings. The zero-order valence-electron chi connectivity index (χ0n) is 12.3. The summed E-state index contributed by atoms with van der Waals surface area (Å²) in [7, 11) is 1.94. The van der Waals surface area contributed by atoms with E-state index in [1.54, 1.807) is 0 Å². The monoisotopic (exact) mass is 288 g/mol. The Labute approximate surface area is 126 Å². The van der Waals surface area contributed by atoms with Crippen LogP contribution in [0.5, 0.6) is 0 Å². The summed E-state index contributed by atoms with van der Waals surface area (Å²) in [6.07, 6.45) is 0. The first-order chi connectivity index (χ1) is 9.67. The summed E-state index contributed by atoms with van der Waals surface area (Å²) < 4.78 is 0. The van der Waals surface area contributed by atoms with Crippen molar-refractivity contribution in [3.8, 4) is 0 Å². The van der Waals surface area contributed by atoms with Gasteiger partial charge in [-0.1, -0.05) is 35.4 Å². The van der Waals surface area contributed by atoms with Crippen LogP contribution in [0.2, 0.25) is 5.02 Å². The lowest BCUT2D eigenvalue weighted by Gasteiger charge is -2.26. The molecule has 0 aliphatic heterocycles. The van der Waals surface area contributed by atoms with Gasteiger partial charge in [0.05, 0.1) is 0 Å². The smallest absolute Gasteiger partial charge is 0.0471 e. The Morgan fingerprint density at radius 2 is 1.80 bits per heavy atom. The second kappa shape index (κ2) is 6.78. The summed E-state index contributed by atoms with van der Waals surface area (Å²) in [5.41, 5.74) is 4.77. The minimum atomic E-state index is 0.761. The highest BCUT2D eigenvalue weighted by molar-refractivity contribution is 6.31. The van der Waals surface area contributed by atoms with E-state index in [1.807, 2.05) is 19.2 Å². The van der Waals surface area contributed by atoms with Gasteiger partial charge in [0.25, 0.3) is 0 Å². The van der Waals surface area contributed by atoms with Crippen molar-refractivity contribution in [2.45, 2.75) is 20.4 Å². The summed E-state index contributed by atoms with van der Waals surface area (Å²) in [5.74, 6) is 0. The number of aryl methyl sites for hydroxylation is 1. The quantitative estimate of drug-likeness (QED) is 0.870. The highest BCUT2D eigenvalue weighted by Gasteiger charge is 2.13. The fourth-order valence-corrected chi connectivity index (χ4v) is 2.61. The van der Waals surface area contributed by atoms with Gasteiger partial charge in [0.1, 0.15) is 0 Å². The Bertz CT molecular complexity index is 564. The van der Waals surface area contributed by atoms with Crippen LogP contribution in [0.3, 0.4) is 0 Å². The Kier molecular flexibility index (Phi) is 5.05. The van der Waals surface area contributed by atoms with Crippen LogP contribution in [0.15, 0.2) is 42.5 Å². The molecule has 2 nitrogen and oxygen atoms in total. The topological polar surface area (TPSA) is 15.3 Å². The first-order valence-corrected chi connectivity index (χ1v) is 7.31. The number of hydrogen-bond donors (Lipinski definition) is 1. The van der Waals surface area contributed by atoms with Crippen LogP contribution >= 0.6 is 11.6 Å². The van der Waals surface area contributed by atoms with Crippen LogP contribution in [-0.2, 0) is 6.54 Å². The number of anilines is 2. The lowest BCUT2D eigenvalue weighted by atomic mass is 10.1. The lowest BCUT2D eigenvalue weighted by molar-refractivity contribution is 0.813. The van der Waals surface area contributed by atoms with Crippen LogP contribution < -0.4 is 10.2 Å². The largest absolute Gasteiger partial charge is 0.341 e. The standard InChI is InChI=1S/C17H21ClN2/c1-4-20(14-10-8-13(2)9-11-14)17-7-5-6-16(18)15(17)12-19-3/h5-11,19H,4,12H2,1-3H3. The highest BCUT2D eigenvalue weighted by Crippen LogP contribution is 2.32. The van der Waals surface area contributed by atoms with Crippen LogP contribution in [-0.4, -0.2) is 13.6 Å². The molecule has 1 N–H and O–H groups in total. The van der Waals surface area contributed by atoms with Gasteiger partial charge in [-0.05, 0) is 45.2 Å². The molecule has 0 aliphatic carbocycles. The molecule has 20 heavy (non-hydrogen) atoms. The fraction of sp³-hybridized carbons (Fsp3) is 0.294. The SMILES string of the molecule is CCN(c1ccc(C)cc1)c1cccc(Cl)c1CNC. The molecule has 3 heteroatoms. The zero-order valence-corrected chi connectivity index (χ0v) is 13.0. The molecule has 0 saturated heterocycles. The van der Waals surface area contributed by atoms with E-state index in [4.69, 9.17) is 11.6 Å². The number of nitrogens with zero attached hydrogens (tertiary/aromatic N) is 1. The van der Waals surface area contributed by atoms with Crippen LogP contribution in [0.4, 0.5) is 11.4 Å². The lowest BCUT2D eigenvalue weighted by Crippen LogP contribution is -2.19. The molecule has 0 heterocycles. The number of halogens is 1. The second-order valence-electron chi connectivity index (χ2n) is 4.85. The van der Waals surface area contributed by atoms with E-state index in [0.29, 0.717) is 0 Å². The van der Waals surface area contributed by atoms with Crippen molar-refractivity contribution in [2.24, 2.45) is 0 Å². The first kappa shape index (κ1) is 14.9. The molecule has 0 bridgehead atoms. The molecule has 0 spiro atoms. The molecule has 0 unspecified atom stereocenters. The van der Waals surface area contributed by atoms with Gasteiger partial charge >= 0.3 is 0 Å². The van der Waals surface area contributed by atoms with Crippen molar-refractivity contribution in [2.75, 3.05) is 18.5 Å². The minimum Gasteiger partial charge on any atom is -0.341 e. The van der Waals surface area contributed by atoms with Gasteiger partial charge in [-0.15, -0.1) is 0 Å². The van der Waals surface area contributed by atoms with Gasteiger partial charge in [0.2, 0.25) is 0 Å². The summed E-state index contributed by atoms with van der Waals surface area (Å²) in [4.78, 5) is 2.29. The van der Waals surface area contributed by atoms with Crippen molar-refractivity contribution in [3.63, 3.8) is 0 Å². The summed E-state index contributed by atoms with van der Waals surface area (Å²) in [5, 5.41) is 4.00. The molecule has 106 valence electrons. The number of hydrogen-bond acceptors (Lipinski definition) is 2. The van der Waals surface area contributed by atoms with Crippen molar-refractivity contribution in [3.05, 3.63) is 58.6 Å². The fourth-order valence-electron chi connectivity index (χ4n) is 2.37. The average molecular weight is 289 g/mol. The third-order valence-electron chi connectivity index (χ3n) is 3.40. The molecule has 0 aromatic heterocycles. The third-order valence-corrected chi connectivity index (χ3v) is 3.75. The zero-order chi connectivity index (χ0) is 14.5. The average Bonchev–Trinajstić information content (AvgIpc) is 2.45. The molecular formula is C17H21ClN2. The summed E-state index contributed by atoms with van der Waals surface area (Å²) in [6.45, 7) is 5.92.